The van der Waals surface area contributed by atoms with Crippen LogP contribution in [0.5, 0.6) is 0 Å². The Morgan fingerprint density at radius 2 is 1.56 bits per heavy atom. The number of hydrogen-bond donors (Lipinski definition) is 1. The van der Waals surface area contributed by atoms with Crippen LogP contribution < -0.4 is 5.32 Å². The fourth-order valence-electron chi connectivity index (χ4n) is 1.10. The second kappa shape index (κ2) is 4.15. The van der Waals surface area contributed by atoms with E-state index in [-0.39, 0.29) is 5.56 Å². The molecule has 0 aliphatic carbocycles. The highest BCUT2D eigenvalue weighted by Gasteiger charge is 2.18. The monoisotopic (exact) mass is 231 g/mol. The van der Waals surface area contributed by atoms with Gasteiger partial charge in [0.1, 0.15) is 0 Å². The molecule has 0 bridgehead atoms. The molecule has 0 aromatic heterocycles. The Balaban J connectivity index is 3.02. The number of nitrogens with one attached hydrogen (secondary N) is 1. The minimum Gasteiger partial charge on any atom is -0.347 e. The maximum atomic E-state index is 12.8. The number of hydrogen-bond acceptors (Lipinski definition) is 1. The quantitative estimate of drug-likeness (QED) is 0.739. The van der Waals surface area contributed by atoms with Crippen LogP contribution in [0.3, 0.4) is 0 Å². The van der Waals surface area contributed by atoms with Gasteiger partial charge >= 0.3 is 0 Å². The molecular formula is C11H12F3NO. The third-order valence-corrected chi connectivity index (χ3v) is 1.73. The molecule has 0 aliphatic heterocycles. The fourth-order valence-corrected chi connectivity index (χ4v) is 1.10. The molecule has 1 aromatic rings. The average Bonchev–Trinajstić information content (AvgIpc) is 2.10. The zero-order valence-corrected chi connectivity index (χ0v) is 9.20. The molecule has 88 valence electrons. The topological polar surface area (TPSA) is 29.1 Å². The zero-order chi connectivity index (χ0) is 12.5. The van der Waals surface area contributed by atoms with Crippen LogP contribution in [0.25, 0.3) is 0 Å². The van der Waals surface area contributed by atoms with Gasteiger partial charge in [0.05, 0.1) is 0 Å². The summed E-state index contributed by atoms with van der Waals surface area (Å²) in [6.45, 7) is 5.17. The third-order valence-electron chi connectivity index (χ3n) is 1.73. The number of carbonyl (C=O) groups excluding carboxylic acids is 1. The van der Waals surface area contributed by atoms with Gasteiger partial charge in [-0.15, -0.1) is 0 Å². The van der Waals surface area contributed by atoms with Gasteiger partial charge in [0, 0.05) is 11.1 Å². The largest absolute Gasteiger partial charge is 0.347 e. The molecule has 2 nitrogen and oxygen atoms in total. The molecule has 0 saturated heterocycles. The molecule has 0 radical (unpaired) electrons. The van der Waals surface area contributed by atoms with Gasteiger partial charge in [0.25, 0.3) is 5.91 Å². The molecule has 1 rings (SSSR count). The van der Waals surface area contributed by atoms with Crippen molar-refractivity contribution >= 4 is 5.91 Å². The summed E-state index contributed by atoms with van der Waals surface area (Å²) in [6.07, 6.45) is 0. The number of amides is 1. The predicted molar refractivity (Wildman–Crippen MR) is 53.5 cm³/mol. The summed E-state index contributed by atoms with van der Waals surface area (Å²) < 4.78 is 38.3. The molecule has 0 saturated carbocycles. The van der Waals surface area contributed by atoms with E-state index in [2.05, 4.69) is 5.32 Å². The number of carbonyl (C=O) groups is 1. The normalized spacial score (nSPS) is 11.4. The van der Waals surface area contributed by atoms with Gasteiger partial charge in [0.2, 0.25) is 0 Å². The van der Waals surface area contributed by atoms with Crippen molar-refractivity contribution in [2.24, 2.45) is 0 Å². The van der Waals surface area contributed by atoms with Crippen molar-refractivity contribution < 1.29 is 18.0 Å². The van der Waals surface area contributed by atoms with Crippen molar-refractivity contribution in [3.8, 4) is 0 Å². The highest BCUT2D eigenvalue weighted by Crippen LogP contribution is 2.14. The molecule has 1 N–H and O–H groups in total. The smallest absolute Gasteiger partial charge is 0.251 e. The highest BCUT2D eigenvalue weighted by molar-refractivity contribution is 5.94. The second-order valence-corrected chi connectivity index (χ2v) is 4.46. The first kappa shape index (κ1) is 12.5. The Hall–Kier alpha value is -1.52. The lowest BCUT2D eigenvalue weighted by Crippen LogP contribution is -2.40. The highest BCUT2D eigenvalue weighted by atomic mass is 19.2. The Bertz CT molecular complexity index is 401. The molecule has 0 atom stereocenters. The molecule has 1 amide bonds. The number of halogens is 3. The average molecular weight is 231 g/mol. The van der Waals surface area contributed by atoms with Gasteiger partial charge < -0.3 is 5.32 Å². The van der Waals surface area contributed by atoms with Crippen LogP contribution in [-0.2, 0) is 0 Å². The van der Waals surface area contributed by atoms with Gasteiger partial charge in [-0.05, 0) is 32.9 Å². The summed E-state index contributed by atoms with van der Waals surface area (Å²) >= 11 is 0. The number of rotatable bonds is 1. The standard InChI is InChI=1S/C11H12F3NO/c1-11(2,3)15-10(16)6-4-7(12)9(14)8(13)5-6/h4-5H,1-3H3,(H,15,16). The Morgan fingerprint density at radius 1 is 1.12 bits per heavy atom. The first-order valence-electron chi connectivity index (χ1n) is 4.68. The van der Waals surface area contributed by atoms with Crippen LogP contribution in [0.4, 0.5) is 13.2 Å². The van der Waals surface area contributed by atoms with Crippen molar-refractivity contribution in [1.29, 1.82) is 0 Å². The summed E-state index contributed by atoms with van der Waals surface area (Å²) in [5, 5.41) is 2.51. The first-order chi connectivity index (χ1) is 7.20. The SMILES string of the molecule is CC(C)(C)NC(=O)c1cc(F)c(F)c(F)c1. The van der Waals surface area contributed by atoms with Crippen LogP contribution in [0.1, 0.15) is 31.1 Å². The lowest BCUT2D eigenvalue weighted by Gasteiger charge is -2.20. The van der Waals surface area contributed by atoms with Crippen molar-refractivity contribution in [1.82, 2.24) is 5.32 Å². The number of benzene rings is 1. The summed E-state index contributed by atoms with van der Waals surface area (Å²) in [7, 11) is 0. The van der Waals surface area contributed by atoms with Gasteiger partial charge in [-0.25, -0.2) is 13.2 Å². The van der Waals surface area contributed by atoms with Gasteiger partial charge in [-0.2, -0.15) is 0 Å². The van der Waals surface area contributed by atoms with E-state index in [9.17, 15) is 18.0 Å². The van der Waals surface area contributed by atoms with Crippen molar-refractivity contribution in [3.05, 3.63) is 35.1 Å². The van der Waals surface area contributed by atoms with E-state index < -0.39 is 28.9 Å². The van der Waals surface area contributed by atoms with E-state index in [1.54, 1.807) is 20.8 Å². The maximum absolute atomic E-state index is 12.8. The lowest BCUT2D eigenvalue weighted by molar-refractivity contribution is 0.0918. The molecule has 0 heterocycles. The molecule has 0 fully saturated rings. The molecule has 16 heavy (non-hydrogen) atoms. The van der Waals surface area contributed by atoms with Gasteiger partial charge in [0.15, 0.2) is 17.5 Å². The van der Waals surface area contributed by atoms with E-state index in [0.717, 1.165) is 0 Å². The minimum atomic E-state index is -1.58. The van der Waals surface area contributed by atoms with Crippen LogP contribution in [0.2, 0.25) is 0 Å². The second-order valence-electron chi connectivity index (χ2n) is 4.46. The summed E-state index contributed by atoms with van der Waals surface area (Å²) in [6, 6.07) is 1.33. The zero-order valence-electron chi connectivity index (χ0n) is 9.20. The molecular weight excluding hydrogens is 219 g/mol. The Kier molecular flexibility index (Phi) is 3.26. The van der Waals surface area contributed by atoms with E-state index in [0.29, 0.717) is 12.1 Å². The predicted octanol–water partition coefficient (Wildman–Crippen LogP) is 2.63. The van der Waals surface area contributed by atoms with Gasteiger partial charge in [-0.1, -0.05) is 0 Å². The third kappa shape index (κ3) is 2.98. The summed E-state index contributed by atoms with van der Waals surface area (Å²) in [4.78, 5) is 11.5. The minimum absolute atomic E-state index is 0.244. The molecule has 0 spiro atoms. The maximum Gasteiger partial charge on any atom is 0.251 e. The first-order valence-corrected chi connectivity index (χ1v) is 4.68. The van der Waals surface area contributed by atoms with E-state index >= 15 is 0 Å². The molecule has 0 unspecified atom stereocenters. The van der Waals surface area contributed by atoms with Gasteiger partial charge in [-0.3, -0.25) is 4.79 Å². The van der Waals surface area contributed by atoms with E-state index in [1.807, 2.05) is 0 Å². The molecule has 0 aliphatic rings. The lowest BCUT2D eigenvalue weighted by atomic mass is 10.1. The fraction of sp³-hybridized carbons (Fsp3) is 0.364. The van der Waals surface area contributed by atoms with Crippen LogP contribution in [0, 0.1) is 17.5 Å². The molecule has 1 aromatic carbocycles. The Morgan fingerprint density at radius 3 is 1.94 bits per heavy atom. The van der Waals surface area contributed by atoms with Crippen molar-refractivity contribution in [2.75, 3.05) is 0 Å². The van der Waals surface area contributed by atoms with E-state index in [4.69, 9.17) is 0 Å². The summed E-state index contributed by atoms with van der Waals surface area (Å²) in [5.41, 5.74) is -0.773. The summed E-state index contributed by atoms with van der Waals surface area (Å²) in [5.74, 6) is -4.98. The van der Waals surface area contributed by atoms with Crippen LogP contribution >= 0.6 is 0 Å². The van der Waals surface area contributed by atoms with Crippen molar-refractivity contribution in [3.63, 3.8) is 0 Å². The molecule has 5 heteroatoms. The van der Waals surface area contributed by atoms with E-state index in [1.165, 1.54) is 0 Å². The van der Waals surface area contributed by atoms with Crippen LogP contribution in [-0.4, -0.2) is 11.4 Å². The Labute approximate surface area is 91.5 Å². The van der Waals surface area contributed by atoms with Crippen LogP contribution in [0.15, 0.2) is 12.1 Å². The van der Waals surface area contributed by atoms with Crippen molar-refractivity contribution in [2.45, 2.75) is 26.3 Å².